The van der Waals surface area contributed by atoms with E-state index in [9.17, 15) is 0 Å². The topological polar surface area (TPSA) is 0 Å². The highest BCUT2D eigenvalue weighted by atomic mass is 79.9. The zero-order valence-electron chi connectivity index (χ0n) is 9.88. The minimum atomic E-state index is 0.830. The van der Waals surface area contributed by atoms with Gasteiger partial charge in [-0.1, -0.05) is 74.6 Å². The van der Waals surface area contributed by atoms with E-state index in [4.69, 9.17) is 0 Å². The number of hydrogen-bond donors (Lipinski definition) is 0. The van der Waals surface area contributed by atoms with Gasteiger partial charge >= 0.3 is 0 Å². The Morgan fingerprint density at radius 3 is 1.06 bits per heavy atom. The zero-order chi connectivity index (χ0) is 11.1. The molecule has 16 heavy (non-hydrogen) atoms. The smallest absolute Gasteiger partial charge is 0.156 e. The lowest BCUT2D eigenvalue weighted by molar-refractivity contribution is 0.432. The van der Waals surface area contributed by atoms with Gasteiger partial charge in [-0.3, -0.25) is 0 Å². The molecule has 0 aromatic rings. The van der Waals surface area contributed by atoms with E-state index in [-0.39, 0.29) is 0 Å². The summed E-state index contributed by atoms with van der Waals surface area (Å²) in [6, 6.07) is 0. The molecule has 1 heterocycles. The maximum atomic E-state index is 4.08. The summed E-state index contributed by atoms with van der Waals surface area (Å²) in [6.45, 7) is 0. The second kappa shape index (κ2) is 4.99. The number of fused-ring (bicyclic) bond motifs is 2. The molecule has 0 aromatic heterocycles. The Morgan fingerprint density at radius 1 is 0.562 bits per heavy atom. The lowest BCUT2D eigenvalue weighted by Crippen LogP contribution is -2.44. The van der Waals surface area contributed by atoms with Gasteiger partial charge in [0.25, 0.3) is 0 Å². The zero-order valence-corrected chi connectivity index (χ0v) is 13.0. The molecule has 3 rings (SSSR count). The third kappa shape index (κ3) is 1.96. The van der Waals surface area contributed by atoms with Gasteiger partial charge in [-0.25, -0.2) is 0 Å². The molecule has 0 bridgehead atoms. The summed E-state index contributed by atoms with van der Waals surface area (Å²) >= 11 is 8.16. The molecule has 4 atom stereocenters. The van der Waals surface area contributed by atoms with Crippen molar-refractivity contribution in [3.8, 4) is 0 Å². The molecule has 0 aromatic carbocycles. The molecular weight excluding hydrogens is 326 g/mol. The van der Waals surface area contributed by atoms with Crippen LogP contribution in [0.25, 0.3) is 0 Å². The van der Waals surface area contributed by atoms with Crippen LogP contribution >= 0.6 is 31.5 Å². The van der Waals surface area contributed by atoms with E-state index in [1.54, 1.807) is 0 Å². The van der Waals surface area contributed by atoms with Crippen LogP contribution in [0, 0.1) is 0 Å². The van der Waals surface area contributed by atoms with E-state index in [0.29, 0.717) is 0 Å². The molecule has 1 saturated heterocycles. The highest BCUT2D eigenvalue weighted by Gasteiger charge is 2.52. The minimum absolute atomic E-state index is 0.830. The summed E-state index contributed by atoms with van der Waals surface area (Å²) in [5.74, 6) is 3.88. The van der Waals surface area contributed by atoms with Crippen LogP contribution in [0.2, 0.25) is 23.3 Å². The van der Waals surface area contributed by atoms with Crippen LogP contribution in [0.3, 0.4) is 0 Å². The Labute approximate surface area is 117 Å². The summed E-state index contributed by atoms with van der Waals surface area (Å²) in [4.78, 5) is 0. The lowest BCUT2D eigenvalue weighted by Gasteiger charge is -2.50. The summed E-state index contributed by atoms with van der Waals surface area (Å²) in [5.41, 5.74) is 1.66. The number of rotatable bonds is 0. The Balaban J connectivity index is 1.83. The summed E-state index contributed by atoms with van der Waals surface area (Å²) in [7, 11) is 0. The van der Waals surface area contributed by atoms with Crippen LogP contribution < -0.4 is 0 Å². The first-order chi connectivity index (χ1) is 7.79. The van der Waals surface area contributed by atoms with Gasteiger partial charge in [-0.05, 0) is 0 Å². The minimum Gasteiger partial charge on any atom is -0.156 e. The largest absolute Gasteiger partial charge is 0.228 e. The SMILES string of the molecule is BrB1C2CCCCC2B(Br)C2CCCCC12. The normalized spacial score (nSPS) is 43.9. The van der Waals surface area contributed by atoms with E-state index < -0.39 is 0 Å². The molecule has 0 spiro atoms. The molecule has 88 valence electrons. The van der Waals surface area contributed by atoms with Crippen LogP contribution in [0.1, 0.15) is 51.4 Å². The van der Waals surface area contributed by atoms with Crippen molar-refractivity contribution in [2.24, 2.45) is 0 Å². The lowest BCUT2D eigenvalue weighted by atomic mass is 9.26. The molecule has 0 radical (unpaired) electrons. The van der Waals surface area contributed by atoms with Crippen LogP contribution in [0.5, 0.6) is 0 Å². The highest BCUT2D eigenvalue weighted by molar-refractivity contribution is 9.25. The average Bonchev–Trinajstić information content (AvgIpc) is 2.36. The first kappa shape index (κ1) is 12.1. The maximum Gasteiger partial charge on any atom is 0.228 e. The molecule has 2 aliphatic carbocycles. The molecule has 1 aliphatic heterocycles. The van der Waals surface area contributed by atoms with Gasteiger partial charge in [-0.2, -0.15) is 31.5 Å². The third-order valence-corrected chi connectivity index (χ3v) is 8.10. The second-order valence-corrected chi connectivity index (χ2v) is 8.23. The molecule has 0 N–H and O–H groups in total. The Hall–Kier alpha value is 1.09. The summed E-state index contributed by atoms with van der Waals surface area (Å²) in [6.07, 6.45) is 11.8. The fourth-order valence-electron chi connectivity index (χ4n) is 4.59. The number of hydrogen-bond acceptors (Lipinski definition) is 0. The van der Waals surface area contributed by atoms with Crippen molar-refractivity contribution in [3.63, 3.8) is 0 Å². The predicted octanol–water partition coefficient (Wildman–Crippen LogP) is 5.40. The van der Waals surface area contributed by atoms with Crippen molar-refractivity contribution in [2.75, 3.05) is 0 Å². The first-order valence-electron chi connectivity index (χ1n) is 7.07. The van der Waals surface area contributed by atoms with Crippen LogP contribution in [0.15, 0.2) is 0 Å². The van der Waals surface area contributed by atoms with Crippen molar-refractivity contribution in [2.45, 2.75) is 74.6 Å². The van der Waals surface area contributed by atoms with E-state index in [2.05, 4.69) is 31.5 Å². The Bertz CT molecular complexity index is 211. The van der Waals surface area contributed by atoms with E-state index in [1.807, 2.05) is 0 Å². The third-order valence-electron chi connectivity index (χ3n) is 5.39. The fourth-order valence-corrected chi connectivity index (χ4v) is 7.22. The van der Waals surface area contributed by atoms with Crippen molar-refractivity contribution in [1.29, 1.82) is 0 Å². The van der Waals surface area contributed by atoms with Gasteiger partial charge in [-0.15, -0.1) is 0 Å². The molecule has 3 aliphatic rings. The van der Waals surface area contributed by atoms with Crippen LogP contribution in [-0.4, -0.2) is 11.1 Å². The van der Waals surface area contributed by atoms with Crippen LogP contribution in [-0.2, 0) is 0 Å². The Morgan fingerprint density at radius 2 is 0.812 bits per heavy atom. The van der Waals surface area contributed by atoms with Gasteiger partial charge in [0.1, 0.15) is 0 Å². The molecule has 0 amide bonds. The predicted molar refractivity (Wildman–Crippen MR) is 81.3 cm³/mol. The van der Waals surface area contributed by atoms with Crippen molar-refractivity contribution < 1.29 is 0 Å². The first-order valence-corrected chi connectivity index (χ1v) is 8.90. The summed E-state index contributed by atoms with van der Waals surface area (Å²) < 4.78 is 0. The molecule has 4 unspecified atom stereocenters. The molecule has 3 fully saturated rings. The van der Waals surface area contributed by atoms with Crippen molar-refractivity contribution in [1.82, 2.24) is 0 Å². The number of halogens is 2. The van der Waals surface area contributed by atoms with Gasteiger partial charge in [0.05, 0.1) is 0 Å². The maximum absolute atomic E-state index is 4.08. The average molecular weight is 346 g/mol. The van der Waals surface area contributed by atoms with Crippen molar-refractivity contribution in [3.05, 3.63) is 0 Å². The monoisotopic (exact) mass is 344 g/mol. The van der Waals surface area contributed by atoms with Gasteiger partial charge in [0, 0.05) is 0 Å². The molecular formula is C12H20B2Br2. The van der Waals surface area contributed by atoms with Crippen molar-refractivity contribution >= 4 is 42.6 Å². The molecule has 4 heteroatoms. The van der Waals surface area contributed by atoms with Gasteiger partial charge < -0.3 is 0 Å². The van der Waals surface area contributed by atoms with E-state index in [0.717, 1.165) is 34.3 Å². The molecule has 0 nitrogen and oxygen atoms in total. The highest BCUT2D eigenvalue weighted by Crippen LogP contribution is 2.62. The van der Waals surface area contributed by atoms with Crippen LogP contribution in [0.4, 0.5) is 0 Å². The van der Waals surface area contributed by atoms with Gasteiger partial charge in [0.2, 0.25) is 11.1 Å². The Kier molecular flexibility index (Phi) is 3.79. The second-order valence-electron chi connectivity index (χ2n) is 6.11. The fraction of sp³-hybridized carbons (Fsp3) is 1.00. The van der Waals surface area contributed by atoms with E-state index in [1.165, 1.54) is 51.4 Å². The van der Waals surface area contributed by atoms with Gasteiger partial charge in [0.15, 0.2) is 0 Å². The quantitative estimate of drug-likeness (QED) is 0.515. The molecule has 2 saturated carbocycles. The van der Waals surface area contributed by atoms with E-state index >= 15 is 0 Å². The summed E-state index contributed by atoms with van der Waals surface area (Å²) in [5, 5.41) is 0. The standard InChI is InChI=1S/C12H20B2Br2/c15-13-9-5-1-2-6-10(9)14(16)12-8-4-3-7-11(12)13/h9-12H,1-8H2.